The maximum Gasteiger partial charge on any atom is 0.227 e. The zero-order valence-corrected chi connectivity index (χ0v) is 14.8. The quantitative estimate of drug-likeness (QED) is 0.816. The summed E-state index contributed by atoms with van der Waals surface area (Å²) >= 11 is 6.22. The van der Waals surface area contributed by atoms with Gasteiger partial charge in [0, 0.05) is 26.2 Å². The number of hydrogen-bond acceptors (Lipinski definition) is 5. The highest BCUT2D eigenvalue weighted by molar-refractivity contribution is 6.32. The van der Waals surface area contributed by atoms with E-state index >= 15 is 0 Å². The monoisotopic (exact) mass is 348 g/mol. The van der Waals surface area contributed by atoms with Crippen molar-refractivity contribution in [2.75, 3.05) is 44.3 Å². The molecule has 128 valence electrons. The van der Waals surface area contributed by atoms with E-state index in [1.165, 1.54) is 0 Å². The highest BCUT2D eigenvalue weighted by atomic mass is 35.5. The zero-order valence-electron chi connectivity index (χ0n) is 14.0. The molecule has 1 amide bonds. The number of anilines is 1. The molecule has 1 aromatic rings. The average molecular weight is 349 g/mol. The summed E-state index contributed by atoms with van der Waals surface area (Å²) in [5.41, 5.74) is 1.97. The SMILES string of the molecule is Cc1nc(N2CCC(C(=O)N3CCOCC3)C2)c(C#N)c(C)c1Cl. The molecule has 0 radical (unpaired) electrons. The summed E-state index contributed by atoms with van der Waals surface area (Å²) in [5, 5.41) is 10.0. The van der Waals surface area contributed by atoms with E-state index in [0.29, 0.717) is 54.9 Å². The number of rotatable bonds is 2. The number of hydrogen-bond donors (Lipinski definition) is 0. The molecule has 1 aromatic heterocycles. The molecule has 0 N–H and O–H groups in total. The molecule has 6 nitrogen and oxygen atoms in total. The van der Waals surface area contributed by atoms with Gasteiger partial charge in [0.2, 0.25) is 5.91 Å². The van der Waals surface area contributed by atoms with Crippen LogP contribution in [0.4, 0.5) is 5.82 Å². The number of aromatic nitrogens is 1. The predicted molar refractivity (Wildman–Crippen MR) is 91.2 cm³/mol. The third-order valence-corrected chi connectivity index (χ3v) is 5.35. The van der Waals surface area contributed by atoms with Gasteiger partial charge in [0.15, 0.2) is 0 Å². The molecule has 7 heteroatoms. The highest BCUT2D eigenvalue weighted by Gasteiger charge is 2.34. The van der Waals surface area contributed by atoms with Crippen molar-refractivity contribution in [3.05, 3.63) is 21.8 Å². The number of carbonyl (C=O) groups excluding carboxylic acids is 1. The first kappa shape index (κ1) is 17.0. The van der Waals surface area contributed by atoms with Gasteiger partial charge in [-0.3, -0.25) is 4.79 Å². The predicted octanol–water partition coefficient (Wildman–Crippen LogP) is 1.91. The molecular formula is C17H21ClN4O2. The minimum atomic E-state index is -0.0484. The van der Waals surface area contributed by atoms with Crippen LogP contribution in [0.1, 0.15) is 23.2 Å². The van der Waals surface area contributed by atoms with Crippen LogP contribution in [0.3, 0.4) is 0 Å². The van der Waals surface area contributed by atoms with E-state index in [2.05, 4.69) is 11.1 Å². The topological polar surface area (TPSA) is 69.5 Å². The van der Waals surface area contributed by atoms with Gasteiger partial charge in [0.05, 0.1) is 35.4 Å². The van der Waals surface area contributed by atoms with Gasteiger partial charge in [-0.2, -0.15) is 5.26 Å². The van der Waals surface area contributed by atoms with Crippen LogP contribution in [0.5, 0.6) is 0 Å². The third kappa shape index (κ3) is 3.06. The fourth-order valence-corrected chi connectivity index (χ4v) is 3.51. The molecule has 0 aromatic carbocycles. The molecule has 2 fully saturated rings. The number of halogens is 1. The number of ether oxygens (including phenoxy) is 1. The zero-order chi connectivity index (χ0) is 17.3. The Labute approximate surface area is 147 Å². The summed E-state index contributed by atoms with van der Waals surface area (Å²) in [7, 11) is 0. The van der Waals surface area contributed by atoms with Crippen LogP contribution in [0.15, 0.2) is 0 Å². The standard InChI is InChI=1S/C17H21ClN4O2/c1-11-14(9-19)16(20-12(2)15(11)18)22-4-3-13(10-22)17(23)21-5-7-24-8-6-21/h13H,3-8,10H2,1-2H3. The molecule has 2 aliphatic heterocycles. The van der Waals surface area contributed by atoms with Crippen molar-refractivity contribution in [3.63, 3.8) is 0 Å². The Balaban J connectivity index is 1.79. The lowest BCUT2D eigenvalue weighted by Crippen LogP contribution is -2.44. The highest BCUT2D eigenvalue weighted by Crippen LogP contribution is 2.32. The van der Waals surface area contributed by atoms with E-state index < -0.39 is 0 Å². The van der Waals surface area contributed by atoms with Crippen molar-refractivity contribution >= 4 is 23.3 Å². The molecule has 0 spiro atoms. The van der Waals surface area contributed by atoms with Crippen LogP contribution in [-0.2, 0) is 9.53 Å². The van der Waals surface area contributed by atoms with E-state index in [4.69, 9.17) is 16.3 Å². The van der Waals surface area contributed by atoms with Crippen LogP contribution >= 0.6 is 11.6 Å². The number of carbonyl (C=O) groups is 1. The molecule has 2 saturated heterocycles. The second-order valence-corrected chi connectivity index (χ2v) is 6.69. The summed E-state index contributed by atoms with van der Waals surface area (Å²) in [6.45, 7) is 7.54. The van der Waals surface area contributed by atoms with Gasteiger partial charge in [-0.25, -0.2) is 4.98 Å². The van der Waals surface area contributed by atoms with Crippen molar-refractivity contribution < 1.29 is 9.53 Å². The third-order valence-electron chi connectivity index (χ3n) is 4.79. The number of nitriles is 1. The molecule has 0 bridgehead atoms. The number of pyridine rings is 1. The fraction of sp³-hybridized carbons (Fsp3) is 0.588. The second kappa shape index (κ2) is 6.96. The van der Waals surface area contributed by atoms with Gasteiger partial charge in [-0.15, -0.1) is 0 Å². The number of morpholine rings is 1. The van der Waals surface area contributed by atoms with Crippen LogP contribution in [-0.4, -0.2) is 55.2 Å². The first-order valence-corrected chi connectivity index (χ1v) is 8.59. The van der Waals surface area contributed by atoms with Crippen molar-refractivity contribution in [1.29, 1.82) is 5.26 Å². The molecule has 0 saturated carbocycles. The average Bonchev–Trinajstić information content (AvgIpc) is 3.09. The van der Waals surface area contributed by atoms with Gasteiger partial charge in [0.25, 0.3) is 0 Å². The largest absolute Gasteiger partial charge is 0.378 e. The van der Waals surface area contributed by atoms with Crippen LogP contribution in [0, 0.1) is 31.1 Å². The second-order valence-electron chi connectivity index (χ2n) is 6.32. The molecular weight excluding hydrogens is 328 g/mol. The van der Waals surface area contributed by atoms with Crippen molar-refractivity contribution in [3.8, 4) is 6.07 Å². The van der Waals surface area contributed by atoms with Gasteiger partial charge in [-0.1, -0.05) is 11.6 Å². The minimum Gasteiger partial charge on any atom is -0.378 e. The summed E-state index contributed by atoms with van der Waals surface area (Å²) in [6, 6.07) is 2.22. The normalized spacial score (nSPS) is 21.0. The molecule has 24 heavy (non-hydrogen) atoms. The van der Waals surface area contributed by atoms with E-state index in [-0.39, 0.29) is 11.8 Å². The Morgan fingerprint density at radius 3 is 2.71 bits per heavy atom. The molecule has 1 atom stereocenters. The maximum atomic E-state index is 12.7. The lowest BCUT2D eigenvalue weighted by molar-refractivity contribution is -0.138. The van der Waals surface area contributed by atoms with E-state index in [9.17, 15) is 10.1 Å². The minimum absolute atomic E-state index is 0.0484. The van der Waals surface area contributed by atoms with E-state index in [0.717, 1.165) is 18.5 Å². The van der Waals surface area contributed by atoms with Crippen LogP contribution in [0.25, 0.3) is 0 Å². The van der Waals surface area contributed by atoms with E-state index in [1.807, 2.05) is 23.6 Å². The number of aryl methyl sites for hydroxylation is 1. The molecule has 2 aliphatic rings. The van der Waals surface area contributed by atoms with Gasteiger partial charge in [-0.05, 0) is 25.8 Å². The Hall–Kier alpha value is -1.84. The first-order valence-electron chi connectivity index (χ1n) is 8.21. The fourth-order valence-electron chi connectivity index (χ4n) is 3.37. The maximum absolute atomic E-state index is 12.7. The molecule has 3 heterocycles. The van der Waals surface area contributed by atoms with Crippen molar-refractivity contribution in [2.45, 2.75) is 20.3 Å². The van der Waals surface area contributed by atoms with E-state index in [1.54, 1.807) is 0 Å². The van der Waals surface area contributed by atoms with Gasteiger partial charge < -0.3 is 14.5 Å². The lowest BCUT2D eigenvalue weighted by Gasteiger charge is -2.29. The summed E-state index contributed by atoms with van der Waals surface area (Å²) in [4.78, 5) is 21.1. The van der Waals surface area contributed by atoms with Crippen LogP contribution < -0.4 is 4.90 Å². The number of nitrogens with zero attached hydrogens (tertiary/aromatic N) is 4. The lowest BCUT2D eigenvalue weighted by atomic mass is 10.1. The van der Waals surface area contributed by atoms with Gasteiger partial charge >= 0.3 is 0 Å². The molecule has 3 rings (SSSR count). The summed E-state index contributed by atoms with van der Waals surface area (Å²) in [6.07, 6.45) is 0.781. The van der Waals surface area contributed by atoms with Crippen LogP contribution in [0.2, 0.25) is 5.02 Å². The Morgan fingerprint density at radius 2 is 2.04 bits per heavy atom. The summed E-state index contributed by atoms with van der Waals surface area (Å²) < 4.78 is 5.31. The van der Waals surface area contributed by atoms with Crippen molar-refractivity contribution in [1.82, 2.24) is 9.88 Å². The molecule has 0 aliphatic carbocycles. The molecule has 1 unspecified atom stereocenters. The Bertz CT molecular complexity index is 695. The number of amides is 1. The van der Waals surface area contributed by atoms with Crippen molar-refractivity contribution in [2.24, 2.45) is 5.92 Å². The Kier molecular flexibility index (Phi) is 4.93. The smallest absolute Gasteiger partial charge is 0.227 e. The van der Waals surface area contributed by atoms with Gasteiger partial charge in [0.1, 0.15) is 11.9 Å². The summed E-state index contributed by atoms with van der Waals surface area (Å²) in [5.74, 6) is 0.781. The Morgan fingerprint density at radius 1 is 1.33 bits per heavy atom. The first-order chi connectivity index (χ1) is 11.5.